The smallest absolute Gasteiger partial charge is 0.161 e. The summed E-state index contributed by atoms with van der Waals surface area (Å²) in [6.07, 6.45) is 0. The molecule has 0 saturated heterocycles. The molecule has 0 radical (unpaired) electrons. The van der Waals surface area contributed by atoms with Gasteiger partial charge in [-0.05, 0) is 57.9 Å². The van der Waals surface area contributed by atoms with E-state index in [0.29, 0.717) is 5.82 Å². The van der Waals surface area contributed by atoms with Crippen molar-refractivity contribution in [3.8, 4) is 39.6 Å². The summed E-state index contributed by atoms with van der Waals surface area (Å²) in [5, 5.41) is 9.54. The first-order valence-electron chi connectivity index (χ1n) is 17.6. The molecule has 3 heterocycles. The van der Waals surface area contributed by atoms with E-state index in [-0.39, 0.29) is 0 Å². The van der Waals surface area contributed by atoms with Crippen LogP contribution in [0.5, 0.6) is 0 Å². The number of hydrogen-bond acceptors (Lipinski definition) is 3. The van der Waals surface area contributed by atoms with E-state index in [2.05, 4.69) is 132 Å². The van der Waals surface area contributed by atoms with E-state index >= 15 is 0 Å². The molecule has 4 nitrogen and oxygen atoms in total. The summed E-state index contributed by atoms with van der Waals surface area (Å²) in [7, 11) is 0. The lowest BCUT2D eigenvalue weighted by atomic mass is 10.00. The number of hydrogen-bond donors (Lipinski definition) is 0. The lowest BCUT2D eigenvalue weighted by molar-refractivity contribution is 0.668. The van der Waals surface area contributed by atoms with Gasteiger partial charge in [-0.1, -0.05) is 133 Å². The molecule has 3 aromatic heterocycles. The summed E-state index contributed by atoms with van der Waals surface area (Å²) in [4.78, 5) is 10.3. The second kappa shape index (κ2) is 11.2. The Bertz CT molecular complexity index is 3020. The number of nitrogens with zero attached hydrogens (tertiary/aromatic N) is 3. The minimum Gasteiger partial charge on any atom is -0.456 e. The molecule has 11 rings (SSSR count). The fourth-order valence-corrected chi connectivity index (χ4v) is 8.05. The van der Waals surface area contributed by atoms with E-state index in [4.69, 9.17) is 14.4 Å². The van der Waals surface area contributed by atoms with Gasteiger partial charge < -0.3 is 8.98 Å². The summed E-state index contributed by atoms with van der Waals surface area (Å²) < 4.78 is 9.06. The molecule has 0 bridgehead atoms. The molecule has 0 N–H and O–H groups in total. The molecule has 0 aliphatic carbocycles. The van der Waals surface area contributed by atoms with Crippen molar-refractivity contribution in [3.63, 3.8) is 0 Å². The normalized spacial score (nSPS) is 11.8. The Morgan fingerprint density at radius 1 is 0.404 bits per heavy atom. The van der Waals surface area contributed by atoms with Crippen molar-refractivity contribution in [1.82, 2.24) is 14.5 Å². The Kier molecular flexibility index (Phi) is 6.22. The van der Waals surface area contributed by atoms with Crippen molar-refractivity contribution in [2.45, 2.75) is 0 Å². The zero-order valence-corrected chi connectivity index (χ0v) is 28.0. The topological polar surface area (TPSA) is 43.9 Å². The molecule has 11 aromatic rings. The van der Waals surface area contributed by atoms with Crippen LogP contribution in [0.3, 0.4) is 0 Å². The van der Waals surface area contributed by atoms with Crippen LogP contribution in [0.15, 0.2) is 180 Å². The maximum atomic E-state index is 6.68. The van der Waals surface area contributed by atoms with Gasteiger partial charge in [0.15, 0.2) is 5.82 Å². The summed E-state index contributed by atoms with van der Waals surface area (Å²) >= 11 is 0. The van der Waals surface area contributed by atoms with Gasteiger partial charge in [0.1, 0.15) is 11.2 Å². The minimum absolute atomic E-state index is 0.665. The van der Waals surface area contributed by atoms with Crippen LogP contribution >= 0.6 is 0 Å². The first kappa shape index (κ1) is 28.8. The molecule has 0 fully saturated rings. The second-order valence-electron chi connectivity index (χ2n) is 13.4. The Labute approximate surface area is 298 Å². The van der Waals surface area contributed by atoms with Crippen molar-refractivity contribution >= 4 is 65.3 Å². The maximum Gasteiger partial charge on any atom is 0.161 e. The third-order valence-electron chi connectivity index (χ3n) is 10.4. The molecule has 52 heavy (non-hydrogen) atoms. The highest BCUT2D eigenvalue weighted by Gasteiger charge is 2.20. The fourth-order valence-electron chi connectivity index (χ4n) is 8.05. The molecule has 0 aliphatic rings. The number of rotatable bonds is 4. The van der Waals surface area contributed by atoms with Crippen molar-refractivity contribution in [3.05, 3.63) is 176 Å². The quantitative estimate of drug-likeness (QED) is 0.188. The Morgan fingerprint density at radius 2 is 0.981 bits per heavy atom. The van der Waals surface area contributed by atoms with Crippen LogP contribution in [0.2, 0.25) is 0 Å². The molecular formula is C48H29N3O. The third-order valence-corrected chi connectivity index (χ3v) is 10.4. The van der Waals surface area contributed by atoms with Crippen LogP contribution in [0.4, 0.5) is 0 Å². The van der Waals surface area contributed by atoms with Crippen molar-refractivity contribution in [1.29, 1.82) is 0 Å². The van der Waals surface area contributed by atoms with Crippen molar-refractivity contribution < 1.29 is 4.42 Å². The second-order valence-corrected chi connectivity index (χ2v) is 13.4. The van der Waals surface area contributed by atoms with Crippen LogP contribution in [0, 0.1) is 0 Å². The molecular weight excluding hydrogens is 635 g/mol. The van der Waals surface area contributed by atoms with E-state index in [1.807, 2.05) is 48.5 Å². The molecule has 0 amide bonds. The Hall–Kier alpha value is -7.04. The average molecular weight is 664 g/mol. The van der Waals surface area contributed by atoms with E-state index in [1.54, 1.807) is 0 Å². The lowest BCUT2D eigenvalue weighted by Crippen LogP contribution is -1.96. The summed E-state index contributed by atoms with van der Waals surface area (Å²) in [5.41, 5.74) is 9.79. The molecule has 4 heteroatoms. The van der Waals surface area contributed by atoms with Gasteiger partial charge >= 0.3 is 0 Å². The minimum atomic E-state index is 0.665. The van der Waals surface area contributed by atoms with Crippen LogP contribution in [0.1, 0.15) is 0 Å². The standard InChI is InChI=1S/C48H29N3O/c1-3-14-32(15-4-1)39-29-40(33-16-5-2-6-17-33)50-48(49-39)38-20-11-21-43-45(38)37-25-24-34(28-44(37)52-43)51-41-26-22-30-12-7-9-18-35(30)46(41)47-36-19-10-8-13-31(36)23-27-42(47)51/h1-29H. The first-order chi connectivity index (χ1) is 25.8. The van der Waals surface area contributed by atoms with Gasteiger partial charge in [0, 0.05) is 50.0 Å². The van der Waals surface area contributed by atoms with Gasteiger partial charge in [-0.15, -0.1) is 0 Å². The molecule has 0 aliphatic heterocycles. The first-order valence-corrected chi connectivity index (χ1v) is 17.6. The third kappa shape index (κ3) is 4.34. The fraction of sp³-hybridized carbons (Fsp3) is 0. The molecule has 242 valence electrons. The van der Waals surface area contributed by atoms with Gasteiger partial charge in [0.05, 0.1) is 22.4 Å². The molecule has 0 atom stereocenters. The number of benzene rings is 8. The highest BCUT2D eigenvalue weighted by Crippen LogP contribution is 2.42. The maximum absolute atomic E-state index is 6.68. The lowest BCUT2D eigenvalue weighted by Gasteiger charge is -2.10. The number of furan rings is 1. The average Bonchev–Trinajstić information content (AvgIpc) is 3.77. The SMILES string of the molecule is c1ccc(-c2cc(-c3ccccc3)nc(-c3cccc4oc5cc(-n6c7ccc8ccccc8c7c7c8ccccc8ccc76)ccc5c34)n2)cc1. The van der Waals surface area contributed by atoms with Crippen molar-refractivity contribution in [2.75, 3.05) is 0 Å². The summed E-state index contributed by atoms with van der Waals surface area (Å²) in [6, 6.07) is 61.8. The number of fused-ring (bicyclic) bond motifs is 10. The Balaban J connectivity index is 1.15. The van der Waals surface area contributed by atoms with Crippen LogP contribution in [0.25, 0.3) is 105 Å². The highest BCUT2D eigenvalue weighted by molar-refractivity contribution is 6.28. The summed E-state index contributed by atoms with van der Waals surface area (Å²) in [6.45, 7) is 0. The van der Waals surface area contributed by atoms with Gasteiger partial charge in [0.2, 0.25) is 0 Å². The van der Waals surface area contributed by atoms with Gasteiger partial charge in [-0.2, -0.15) is 0 Å². The largest absolute Gasteiger partial charge is 0.456 e. The molecule has 0 spiro atoms. The zero-order chi connectivity index (χ0) is 34.2. The van der Waals surface area contributed by atoms with E-state index in [1.165, 1.54) is 43.4 Å². The summed E-state index contributed by atoms with van der Waals surface area (Å²) in [5.74, 6) is 0.665. The zero-order valence-electron chi connectivity index (χ0n) is 28.0. The van der Waals surface area contributed by atoms with Gasteiger partial charge in [-0.3, -0.25) is 0 Å². The van der Waals surface area contributed by atoms with E-state index in [0.717, 1.165) is 55.7 Å². The van der Waals surface area contributed by atoms with Gasteiger partial charge in [0.25, 0.3) is 0 Å². The van der Waals surface area contributed by atoms with E-state index in [9.17, 15) is 0 Å². The number of aromatic nitrogens is 3. The highest BCUT2D eigenvalue weighted by atomic mass is 16.3. The molecule has 0 unspecified atom stereocenters. The molecule has 0 saturated carbocycles. The Morgan fingerprint density at radius 3 is 1.60 bits per heavy atom. The van der Waals surface area contributed by atoms with Gasteiger partial charge in [-0.25, -0.2) is 9.97 Å². The van der Waals surface area contributed by atoms with Crippen LogP contribution in [-0.4, -0.2) is 14.5 Å². The predicted octanol–water partition coefficient (Wildman–Crippen LogP) is 12.8. The molecule has 8 aromatic carbocycles. The van der Waals surface area contributed by atoms with E-state index < -0.39 is 0 Å². The van der Waals surface area contributed by atoms with Crippen molar-refractivity contribution in [2.24, 2.45) is 0 Å². The van der Waals surface area contributed by atoms with Crippen LogP contribution in [-0.2, 0) is 0 Å². The monoisotopic (exact) mass is 663 g/mol. The van der Waals surface area contributed by atoms with Crippen LogP contribution < -0.4 is 0 Å². The predicted molar refractivity (Wildman–Crippen MR) is 215 cm³/mol.